The number of hydrogen-bond donors (Lipinski definition) is 2. The molecule has 0 saturated heterocycles. The molecule has 0 bridgehead atoms. The number of nitrogens with one attached hydrogen (secondary N) is 2. The molecule has 0 rings (SSSR count). The van der Waals surface area contributed by atoms with Crippen LogP contribution in [0.5, 0.6) is 0 Å². The van der Waals surface area contributed by atoms with Crippen molar-refractivity contribution in [3.8, 4) is 12.3 Å². The maximum absolute atomic E-state index is 11.1. The van der Waals surface area contributed by atoms with Crippen LogP contribution in [-0.2, 0) is 4.79 Å². The van der Waals surface area contributed by atoms with Gasteiger partial charge in [0.05, 0.1) is 6.54 Å². The lowest BCUT2D eigenvalue weighted by Gasteiger charge is -2.18. The molecule has 14 heavy (non-hydrogen) atoms. The van der Waals surface area contributed by atoms with Gasteiger partial charge in [0, 0.05) is 19.5 Å². The van der Waals surface area contributed by atoms with Gasteiger partial charge < -0.3 is 10.6 Å². The number of hydrogen-bond acceptors (Lipinski definition) is 2. The highest BCUT2D eigenvalue weighted by atomic mass is 16.1. The Morgan fingerprint density at radius 3 is 2.57 bits per heavy atom. The van der Waals surface area contributed by atoms with Crippen LogP contribution in [0.1, 0.15) is 27.2 Å². The van der Waals surface area contributed by atoms with E-state index in [1.54, 1.807) is 0 Å². The van der Waals surface area contributed by atoms with E-state index in [-0.39, 0.29) is 11.3 Å². The Bertz CT molecular complexity index is 210. The first-order chi connectivity index (χ1) is 6.45. The van der Waals surface area contributed by atoms with Crippen molar-refractivity contribution < 1.29 is 4.79 Å². The van der Waals surface area contributed by atoms with E-state index in [1.807, 2.05) is 0 Å². The second kappa shape index (κ2) is 6.44. The normalized spacial score (nSPS) is 10.7. The van der Waals surface area contributed by atoms with E-state index in [4.69, 9.17) is 6.42 Å². The molecule has 1 amide bonds. The van der Waals surface area contributed by atoms with Gasteiger partial charge in [-0.1, -0.05) is 26.7 Å². The Labute approximate surface area is 86.6 Å². The van der Waals surface area contributed by atoms with Crippen LogP contribution in [0.25, 0.3) is 0 Å². The Morgan fingerprint density at radius 2 is 2.07 bits per heavy atom. The smallest absolute Gasteiger partial charge is 0.222 e. The third-order valence-electron chi connectivity index (χ3n) is 1.57. The predicted octanol–water partition coefficient (Wildman–Crippen LogP) is 0.762. The molecular formula is C11H20N2O. The van der Waals surface area contributed by atoms with Gasteiger partial charge in [0.1, 0.15) is 0 Å². The second-order valence-corrected chi connectivity index (χ2v) is 4.47. The van der Waals surface area contributed by atoms with E-state index in [2.05, 4.69) is 37.3 Å². The molecule has 0 aliphatic heterocycles. The summed E-state index contributed by atoms with van der Waals surface area (Å²) in [6.07, 6.45) is 5.49. The average molecular weight is 196 g/mol. The summed E-state index contributed by atoms with van der Waals surface area (Å²) in [6.45, 7) is 8.39. The maximum atomic E-state index is 11.1. The van der Waals surface area contributed by atoms with Crippen LogP contribution in [0, 0.1) is 17.8 Å². The average Bonchev–Trinajstić information content (AvgIpc) is 2.07. The van der Waals surface area contributed by atoms with Crippen molar-refractivity contribution in [1.29, 1.82) is 0 Å². The van der Waals surface area contributed by atoms with Crippen LogP contribution in [0.2, 0.25) is 0 Å². The molecule has 0 saturated carbocycles. The molecule has 0 atom stereocenters. The number of carbonyl (C=O) groups excluding carboxylic acids is 1. The molecule has 3 heteroatoms. The highest BCUT2D eigenvalue weighted by molar-refractivity contribution is 5.76. The molecule has 2 N–H and O–H groups in total. The van der Waals surface area contributed by atoms with E-state index in [0.29, 0.717) is 19.5 Å². The highest BCUT2D eigenvalue weighted by Crippen LogP contribution is 2.09. The van der Waals surface area contributed by atoms with Gasteiger partial charge >= 0.3 is 0 Å². The maximum Gasteiger partial charge on any atom is 0.222 e. The molecule has 3 nitrogen and oxygen atoms in total. The van der Waals surface area contributed by atoms with Crippen LogP contribution in [0.4, 0.5) is 0 Å². The van der Waals surface area contributed by atoms with Gasteiger partial charge in [0.2, 0.25) is 5.91 Å². The lowest BCUT2D eigenvalue weighted by molar-refractivity contribution is -0.120. The van der Waals surface area contributed by atoms with E-state index in [1.165, 1.54) is 0 Å². The zero-order chi connectivity index (χ0) is 11.0. The van der Waals surface area contributed by atoms with Crippen LogP contribution < -0.4 is 10.6 Å². The fraction of sp³-hybridized carbons (Fsp3) is 0.727. The standard InChI is InChI=1S/C11H20N2O/c1-5-7-13-10(14)6-8-12-9-11(2,3)4/h1,12H,6-9H2,2-4H3,(H,13,14). The molecule has 0 aromatic rings. The molecule has 0 heterocycles. The Morgan fingerprint density at radius 1 is 1.43 bits per heavy atom. The minimum absolute atomic E-state index is 0.00404. The van der Waals surface area contributed by atoms with E-state index < -0.39 is 0 Å². The van der Waals surface area contributed by atoms with Gasteiger partial charge in [-0.2, -0.15) is 0 Å². The molecule has 0 fully saturated rings. The summed E-state index contributed by atoms with van der Waals surface area (Å²) in [7, 11) is 0. The highest BCUT2D eigenvalue weighted by Gasteiger charge is 2.08. The summed E-state index contributed by atoms with van der Waals surface area (Å²) in [6, 6.07) is 0. The molecule has 0 aliphatic carbocycles. The first-order valence-corrected chi connectivity index (χ1v) is 4.86. The fourth-order valence-electron chi connectivity index (χ4n) is 0.903. The zero-order valence-corrected chi connectivity index (χ0v) is 9.31. The molecule has 0 aliphatic rings. The zero-order valence-electron chi connectivity index (χ0n) is 9.31. The SMILES string of the molecule is C#CCNC(=O)CCNCC(C)(C)C. The Hall–Kier alpha value is -1.01. The van der Waals surface area contributed by atoms with Crippen molar-refractivity contribution in [1.82, 2.24) is 10.6 Å². The minimum atomic E-state index is 0.00404. The quantitative estimate of drug-likeness (QED) is 0.503. The predicted molar refractivity (Wildman–Crippen MR) is 58.8 cm³/mol. The van der Waals surface area contributed by atoms with E-state index in [9.17, 15) is 4.79 Å². The summed E-state index contributed by atoms with van der Waals surface area (Å²) < 4.78 is 0. The summed E-state index contributed by atoms with van der Waals surface area (Å²) in [4.78, 5) is 11.1. The number of carbonyl (C=O) groups is 1. The van der Waals surface area contributed by atoms with E-state index >= 15 is 0 Å². The minimum Gasteiger partial charge on any atom is -0.345 e. The van der Waals surface area contributed by atoms with Crippen LogP contribution >= 0.6 is 0 Å². The van der Waals surface area contributed by atoms with Gasteiger partial charge in [-0.25, -0.2) is 0 Å². The molecule has 0 unspecified atom stereocenters. The third-order valence-corrected chi connectivity index (χ3v) is 1.57. The fourth-order valence-corrected chi connectivity index (χ4v) is 0.903. The van der Waals surface area contributed by atoms with Crippen molar-refractivity contribution in [2.24, 2.45) is 5.41 Å². The Kier molecular flexibility index (Phi) is 5.98. The number of rotatable bonds is 5. The monoisotopic (exact) mass is 196 g/mol. The summed E-state index contributed by atoms with van der Waals surface area (Å²) in [5.74, 6) is 2.36. The van der Waals surface area contributed by atoms with Crippen molar-refractivity contribution in [3.63, 3.8) is 0 Å². The lowest BCUT2D eigenvalue weighted by atomic mass is 9.97. The molecule has 80 valence electrons. The lowest BCUT2D eigenvalue weighted by Crippen LogP contribution is -2.31. The summed E-state index contributed by atoms with van der Waals surface area (Å²) in [5.41, 5.74) is 0.259. The summed E-state index contributed by atoms with van der Waals surface area (Å²) >= 11 is 0. The molecule has 0 radical (unpaired) electrons. The van der Waals surface area contributed by atoms with Crippen molar-refractivity contribution >= 4 is 5.91 Å². The molecule has 0 aromatic carbocycles. The van der Waals surface area contributed by atoms with Gasteiger partial charge in [-0.3, -0.25) is 4.79 Å². The van der Waals surface area contributed by atoms with Gasteiger partial charge in [-0.15, -0.1) is 6.42 Å². The van der Waals surface area contributed by atoms with Crippen molar-refractivity contribution in [3.05, 3.63) is 0 Å². The molecule has 0 spiro atoms. The first kappa shape index (κ1) is 13.0. The second-order valence-electron chi connectivity index (χ2n) is 4.47. The third kappa shape index (κ3) is 9.08. The first-order valence-electron chi connectivity index (χ1n) is 4.86. The molecular weight excluding hydrogens is 176 g/mol. The molecule has 0 aromatic heterocycles. The van der Waals surface area contributed by atoms with Crippen LogP contribution in [0.3, 0.4) is 0 Å². The number of terminal acetylenes is 1. The van der Waals surface area contributed by atoms with E-state index in [0.717, 1.165) is 6.54 Å². The number of amides is 1. The van der Waals surface area contributed by atoms with Crippen LogP contribution in [0.15, 0.2) is 0 Å². The van der Waals surface area contributed by atoms with Crippen LogP contribution in [-0.4, -0.2) is 25.5 Å². The largest absolute Gasteiger partial charge is 0.345 e. The van der Waals surface area contributed by atoms with Crippen molar-refractivity contribution in [2.45, 2.75) is 27.2 Å². The van der Waals surface area contributed by atoms with Gasteiger partial charge in [0.25, 0.3) is 0 Å². The Balaban J connectivity index is 3.37. The topological polar surface area (TPSA) is 41.1 Å². The summed E-state index contributed by atoms with van der Waals surface area (Å²) in [5, 5.41) is 5.84. The van der Waals surface area contributed by atoms with Gasteiger partial charge in [0.15, 0.2) is 0 Å². The van der Waals surface area contributed by atoms with Gasteiger partial charge in [-0.05, 0) is 5.41 Å². The van der Waals surface area contributed by atoms with Crippen molar-refractivity contribution in [2.75, 3.05) is 19.6 Å².